The number of aromatic nitrogens is 1. The Morgan fingerprint density at radius 1 is 1.22 bits per heavy atom. The molecule has 2 aliphatic rings. The molecule has 168 valence electrons. The summed E-state index contributed by atoms with van der Waals surface area (Å²) in [5.74, 6) is 1.40. The maximum atomic E-state index is 13.7. The lowest BCUT2D eigenvalue weighted by atomic mass is 10.0. The molecule has 0 atom stereocenters. The van der Waals surface area contributed by atoms with Gasteiger partial charge in [0.25, 0.3) is 0 Å². The molecule has 0 saturated heterocycles. The number of rotatable bonds is 5. The quantitative estimate of drug-likeness (QED) is 0.653. The van der Waals surface area contributed by atoms with E-state index in [0.717, 1.165) is 54.0 Å². The molecule has 1 aromatic heterocycles. The van der Waals surface area contributed by atoms with E-state index < -0.39 is 0 Å². The van der Waals surface area contributed by atoms with Gasteiger partial charge < -0.3 is 14.2 Å². The lowest BCUT2D eigenvalue weighted by Crippen LogP contribution is -2.42. The van der Waals surface area contributed by atoms with Crippen LogP contribution in [0.1, 0.15) is 49.0 Å². The Balaban J connectivity index is 1.43. The zero-order valence-electron chi connectivity index (χ0n) is 19.0. The fourth-order valence-corrected chi connectivity index (χ4v) is 4.24. The van der Waals surface area contributed by atoms with Crippen molar-refractivity contribution in [2.24, 2.45) is 0 Å². The van der Waals surface area contributed by atoms with Crippen molar-refractivity contribution in [3.63, 3.8) is 0 Å². The molecular formula is C26H30FN3O2. The lowest BCUT2D eigenvalue weighted by Gasteiger charge is -2.31. The van der Waals surface area contributed by atoms with E-state index in [1.54, 1.807) is 13.1 Å². The van der Waals surface area contributed by atoms with Gasteiger partial charge in [0.15, 0.2) is 0 Å². The Morgan fingerprint density at radius 3 is 2.72 bits per heavy atom. The molecule has 3 heterocycles. The van der Waals surface area contributed by atoms with Crippen LogP contribution in [0.25, 0.3) is 11.1 Å². The van der Waals surface area contributed by atoms with Gasteiger partial charge in [-0.1, -0.05) is 25.1 Å². The van der Waals surface area contributed by atoms with Crippen molar-refractivity contribution < 1.29 is 13.6 Å². The number of halogens is 1. The highest BCUT2D eigenvalue weighted by Gasteiger charge is 2.23. The number of hydrogen-bond donors (Lipinski definition) is 0. The molecule has 1 aromatic carbocycles. The van der Waals surface area contributed by atoms with Crippen LogP contribution < -0.4 is 0 Å². The summed E-state index contributed by atoms with van der Waals surface area (Å²) >= 11 is 0. The van der Waals surface area contributed by atoms with Gasteiger partial charge in [0.2, 0.25) is 11.8 Å². The Bertz CT molecular complexity index is 1100. The minimum Gasteiger partial charge on any atom is -0.442 e. The van der Waals surface area contributed by atoms with Crippen LogP contribution in [0.15, 0.2) is 52.7 Å². The molecule has 0 N–H and O–H groups in total. The average Bonchev–Trinajstić information content (AvgIpc) is 3.13. The highest BCUT2D eigenvalue weighted by atomic mass is 19.1. The third-order valence-electron chi connectivity index (χ3n) is 6.13. The van der Waals surface area contributed by atoms with Gasteiger partial charge in [0.1, 0.15) is 11.6 Å². The number of carbonyl (C=O) groups excluding carboxylic acids is 1. The van der Waals surface area contributed by atoms with E-state index in [1.165, 1.54) is 6.07 Å². The molecule has 0 radical (unpaired) electrons. The monoisotopic (exact) mass is 435 g/mol. The Kier molecular flexibility index (Phi) is 6.58. The summed E-state index contributed by atoms with van der Waals surface area (Å²) < 4.78 is 19.3. The predicted molar refractivity (Wildman–Crippen MR) is 124 cm³/mol. The van der Waals surface area contributed by atoms with Crippen LogP contribution in [0.2, 0.25) is 0 Å². The van der Waals surface area contributed by atoms with Gasteiger partial charge in [-0.2, -0.15) is 0 Å². The molecule has 0 aliphatic carbocycles. The van der Waals surface area contributed by atoms with Gasteiger partial charge in [0.05, 0.1) is 12.7 Å². The molecule has 2 aromatic rings. The summed E-state index contributed by atoms with van der Waals surface area (Å²) in [6.07, 6.45) is 10.5. The molecule has 32 heavy (non-hydrogen) atoms. The zero-order valence-corrected chi connectivity index (χ0v) is 19.0. The van der Waals surface area contributed by atoms with Crippen LogP contribution in [0.4, 0.5) is 4.39 Å². The number of hydrogen-bond acceptors (Lipinski definition) is 4. The van der Waals surface area contributed by atoms with Crippen molar-refractivity contribution in [2.75, 3.05) is 26.2 Å². The lowest BCUT2D eigenvalue weighted by molar-refractivity contribution is -0.131. The van der Waals surface area contributed by atoms with Gasteiger partial charge in [-0.05, 0) is 68.0 Å². The molecule has 0 fully saturated rings. The van der Waals surface area contributed by atoms with Gasteiger partial charge in [-0.3, -0.25) is 4.79 Å². The number of allylic oxidation sites excluding steroid dienone is 3. The number of amides is 1. The largest absolute Gasteiger partial charge is 0.442 e. The van der Waals surface area contributed by atoms with Crippen LogP contribution in [-0.4, -0.2) is 46.9 Å². The van der Waals surface area contributed by atoms with Crippen LogP contribution in [0.3, 0.4) is 0 Å². The van der Waals surface area contributed by atoms with Crippen LogP contribution in [-0.2, 0) is 4.79 Å². The number of oxazole rings is 1. The summed E-state index contributed by atoms with van der Waals surface area (Å²) in [4.78, 5) is 21.4. The van der Waals surface area contributed by atoms with Crippen molar-refractivity contribution in [1.29, 1.82) is 0 Å². The summed E-state index contributed by atoms with van der Waals surface area (Å²) in [5.41, 5.74) is 4.94. The average molecular weight is 436 g/mol. The van der Waals surface area contributed by atoms with Crippen molar-refractivity contribution in [3.05, 3.63) is 76.9 Å². The molecule has 1 amide bonds. The van der Waals surface area contributed by atoms with Crippen molar-refractivity contribution in [2.45, 2.75) is 40.0 Å². The number of nitrogens with zero attached hydrogens (tertiary/aromatic N) is 3. The molecule has 0 bridgehead atoms. The van der Waals surface area contributed by atoms with E-state index in [-0.39, 0.29) is 11.7 Å². The molecule has 0 saturated carbocycles. The fourth-order valence-electron chi connectivity index (χ4n) is 4.24. The summed E-state index contributed by atoms with van der Waals surface area (Å²) in [6.45, 7) is 8.18. The van der Waals surface area contributed by atoms with E-state index in [9.17, 15) is 9.18 Å². The van der Waals surface area contributed by atoms with E-state index >= 15 is 0 Å². The first kappa shape index (κ1) is 22.1. The standard InChI is InChI=1S/C26H30FN3O2/c1-4-23-15-21(22-7-8-24(27)18(2)14-22)6-5-11-30(23)17-25(31)29-12-9-20(10-13-29)26-28-16-19(3)32-26/h6-9,14-16H,4-5,10-13,17H2,1-3H3. The van der Waals surface area contributed by atoms with E-state index in [4.69, 9.17) is 4.42 Å². The molecule has 4 rings (SSSR count). The Hall–Kier alpha value is -3.15. The highest BCUT2D eigenvalue weighted by molar-refractivity contribution is 5.80. The third-order valence-corrected chi connectivity index (χ3v) is 6.13. The van der Waals surface area contributed by atoms with Gasteiger partial charge >= 0.3 is 0 Å². The Labute approximate surface area is 188 Å². The van der Waals surface area contributed by atoms with Crippen LogP contribution in [0.5, 0.6) is 0 Å². The third kappa shape index (κ3) is 4.85. The van der Waals surface area contributed by atoms with E-state index in [1.807, 2.05) is 30.0 Å². The molecular weight excluding hydrogens is 405 g/mol. The topological polar surface area (TPSA) is 49.6 Å². The number of aryl methyl sites for hydroxylation is 2. The number of carbonyl (C=O) groups is 1. The second-order valence-corrected chi connectivity index (χ2v) is 8.42. The molecule has 0 unspecified atom stereocenters. The summed E-state index contributed by atoms with van der Waals surface area (Å²) in [6, 6.07) is 5.24. The SMILES string of the molecule is CCC1=CC(c2ccc(F)c(C)c2)=CCCN1CC(=O)N1CC=C(c2ncc(C)o2)CC1. The minimum atomic E-state index is -0.188. The van der Waals surface area contributed by atoms with Crippen molar-refractivity contribution >= 4 is 17.1 Å². The summed E-state index contributed by atoms with van der Waals surface area (Å²) in [7, 11) is 0. The predicted octanol–water partition coefficient (Wildman–Crippen LogP) is 5.13. The zero-order chi connectivity index (χ0) is 22.7. The molecule has 2 aliphatic heterocycles. The minimum absolute atomic E-state index is 0.129. The van der Waals surface area contributed by atoms with Gasteiger partial charge in [-0.15, -0.1) is 0 Å². The highest BCUT2D eigenvalue weighted by Crippen LogP contribution is 2.27. The molecule has 0 spiro atoms. The molecule has 5 nitrogen and oxygen atoms in total. The normalized spacial score (nSPS) is 16.9. The smallest absolute Gasteiger partial charge is 0.242 e. The maximum absolute atomic E-state index is 13.7. The first-order valence-electron chi connectivity index (χ1n) is 11.3. The van der Waals surface area contributed by atoms with E-state index in [0.29, 0.717) is 31.1 Å². The Morgan fingerprint density at radius 2 is 2.06 bits per heavy atom. The number of benzene rings is 1. The van der Waals surface area contributed by atoms with Crippen molar-refractivity contribution in [1.82, 2.24) is 14.8 Å². The maximum Gasteiger partial charge on any atom is 0.242 e. The first-order chi connectivity index (χ1) is 15.4. The fraction of sp³-hybridized carbons (Fsp3) is 0.385. The second-order valence-electron chi connectivity index (χ2n) is 8.42. The van der Waals surface area contributed by atoms with Crippen molar-refractivity contribution in [3.8, 4) is 0 Å². The summed E-state index contributed by atoms with van der Waals surface area (Å²) in [5, 5.41) is 0. The first-order valence-corrected chi connectivity index (χ1v) is 11.3. The molecule has 6 heteroatoms. The van der Waals surface area contributed by atoms with Gasteiger partial charge in [0, 0.05) is 30.9 Å². The van der Waals surface area contributed by atoms with Crippen LogP contribution >= 0.6 is 0 Å². The second kappa shape index (κ2) is 9.55. The van der Waals surface area contributed by atoms with Gasteiger partial charge in [-0.25, -0.2) is 9.37 Å². The van der Waals surface area contributed by atoms with Crippen LogP contribution in [0, 0.1) is 19.7 Å². The van der Waals surface area contributed by atoms with E-state index in [2.05, 4.69) is 29.0 Å².